The van der Waals surface area contributed by atoms with Gasteiger partial charge in [-0.2, -0.15) is 0 Å². The van der Waals surface area contributed by atoms with E-state index in [1.54, 1.807) is 42.4 Å². The monoisotopic (exact) mass is 403 g/mol. The first-order valence-electron chi connectivity index (χ1n) is 8.94. The van der Waals surface area contributed by atoms with Gasteiger partial charge in [-0.25, -0.2) is 12.8 Å². The Labute approximate surface area is 164 Å². The third-order valence-electron chi connectivity index (χ3n) is 4.73. The number of hydrogen-bond donors (Lipinski definition) is 0. The summed E-state index contributed by atoms with van der Waals surface area (Å²) < 4.78 is 42.1. The van der Waals surface area contributed by atoms with Crippen molar-refractivity contribution in [1.29, 1.82) is 0 Å². The third-order valence-corrected chi connectivity index (χ3v) is 6.48. The summed E-state index contributed by atoms with van der Waals surface area (Å²) in [7, 11) is -1.56. The van der Waals surface area contributed by atoms with Gasteiger partial charge in [0.2, 0.25) is 5.91 Å². The molecule has 5 nitrogen and oxygen atoms in total. The first kappa shape index (κ1) is 20.1. The fourth-order valence-corrected chi connectivity index (χ4v) is 4.90. The summed E-state index contributed by atoms with van der Waals surface area (Å²) in [5.74, 6) is 0.118. The van der Waals surface area contributed by atoms with Crippen molar-refractivity contribution in [3.05, 3.63) is 71.6 Å². The number of ether oxygens (including phenoxy) is 1. The molecule has 0 aromatic heterocycles. The second-order valence-corrected chi connectivity index (χ2v) is 8.98. The van der Waals surface area contributed by atoms with Crippen LogP contribution in [-0.4, -0.2) is 43.9 Å². The van der Waals surface area contributed by atoms with Crippen LogP contribution >= 0.6 is 0 Å². The maximum Gasteiger partial charge on any atom is 0.247 e. The molecule has 0 spiro atoms. The Morgan fingerprint density at radius 2 is 1.86 bits per heavy atom. The molecule has 1 fully saturated rings. The van der Waals surface area contributed by atoms with Crippen molar-refractivity contribution in [1.82, 2.24) is 4.90 Å². The maximum absolute atomic E-state index is 13.2. The van der Waals surface area contributed by atoms with Gasteiger partial charge in [0.25, 0.3) is 0 Å². The summed E-state index contributed by atoms with van der Waals surface area (Å²) in [6.45, 7) is 0.228. The second kappa shape index (κ2) is 8.56. The molecule has 2 aromatic carbocycles. The van der Waals surface area contributed by atoms with E-state index in [1.807, 2.05) is 12.1 Å². The van der Waals surface area contributed by atoms with Crippen LogP contribution in [0, 0.1) is 5.82 Å². The van der Waals surface area contributed by atoms with E-state index in [-0.39, 0.29) is 35.8 Å². The highest BCUT2D eigenvalue weighted by Crippen LogP contribution is 2.21. The molecule has 1 amide bonds. The van der Waals surface area contributed by atoms with Gasteiger partial charge in [0, 0.05) is 18.7 Å². The van der Waals surface area contributed by atoms with Crippen LogP contribution < -0.4 is 4.74 Å². The SMILES string of the molecule is COc1ccc(/C=C/C(=O)N(Cc2ccc(F)cc2)[C@H]2CCS(=O)(=O)C2)cc1. The summed E-state index contributed by atoms with van der Waals surface area (Å²) in [5, 5.41) is 0. The van der Waals surface area contributed by atoms with E-state index in [9.17, 15) is 17.6 Å². The van der Waals surface area contributed by atoms with Gasteiger partial charge in [-0.05, 0) is 47.9 Å². The van der Waals surface area contributed by atoms with Crippen LogP contribution in [-0.2, 0) is 21.2 Å². The molecule has 0 radical (unpaired) electrons. The van der Waals surface area contributed by atoms with Gasteiger partial charge in [-0.15, -0.1) is 0 Å². The lowest BCUT2D eigenvalue weighted by Crippen LogP contribution is -2.39. The molecule has 0 unspecified atom stereocenters. The Morgan fingerprint density at radius 3 is 2.43 bits per heavy atom. The number of carbonyl (C=O) groups excluding carboxylic acids is 1. The molecule has 0 aliphatic carbocycles. The number of sulfone groups is 1. The molecule has 1 aliphatic heterocycles. The maximum atomic E-state index is 13.2. The van der Waals surface area contributed by atoms with Gasteiger partial charge in [-0.1, -0.05) is 24.3 Å². The lowest BCUT2D eigenvalue weighted by molar-refractivity contribution is -0.128. The molecule has 2 aromatic rings. The van der Waals surface area contributed by atoms with E-state index in [0.29, 0.717) is 6.42 Å². The number of benzene rings is 2. The molecule has 1 heterocycles. The van der Waals surface area contributed by atoms with Crippen molar-refractivity contribution in [2.24, 2.45) is 0 Å². The quantitative estimate of drug-likeness (QED) is 0.696. The number of methoxy groups -OCH3 is 1. The van der Waals surface area contributed by atoms with Crippen molar-refractivity contribution >= 4 is 21.8 Å². The zero-order valence-corrected chi connectivity index (χ0v) is 16.4. The van der Waals surface area contributed by atoms with E-state index in [1.165, 1.54) is 18.2 Å². The number of hydrogen-bond acceptors (Lipinski definition) is 4. The minimum Gasteiger partial charge on any atom is -0.497 e. The molecular weight excluding hydrogens is 381 g/mol. The normalized spacial score (nSPS) is 18.3. The Kier molecular flexibility index (Phi) is 6.14. The zero-order chi connectivity index (χ0) is 20.1. The van der Waals surface area contributed by atoms with E-state index >= 15 is 0 Å². The molecule has 148 valence electrons. The summed E-state index contributed by atoms with van der Waals surface area (Å²) in [5.41, 5.74) is 1.58. The lowest BCUT2D eigenvalue weighted by Gasteiger charge is -2.27. The second-order valence-electron chi connectivity index (χ2n) is 6.76. The largest absolute Gasteiger partial charge is 0.497 e. The molecule has 0 saturated carbocycles. The van der Waals surface area contributed by atoms with Crippen LogP contribution in [0.2, 0.25) is 0 Å². The molecule has 1 aliphatic rings. The molecule has 1 atom stereocenters. The lowest BCUT2D eigenvalue weighted by atomic mass is 10.1. The first-order valence-corrected chi connectivity index (χ1v) is 10.8. The summed E-state index contributed by atoms with van der Waals surface area (Å²) in [6.07, 6.45) is 3.53. The van der Waals surface area contributed by atoms with Crippen molar-refractivity contribution < 1.29 is 22.3 Å². The van der Waals surface area contributed by atoms with Crippen molar-refractivity contribution in [2.75, 3.05) is 18.6 Å². The van der Waals surface area contributed by atoms with Crippen molar-refractivity contribution in [3.63, 3.8) is 0 Å². The molecule has 1 saturated heterocycles. The molecule has 0 bridgehead atoms. The number of amides is 1. The number of nitrogens with zero attached hydrogens (tertiary/aromatic N) is 1. The Hall–Kier alpha value is -2.67. The summed E-state index contributed by atoms with van der Waals surface area (Å²) >= 11 is 0. The standard InChI is InChI=1S/C21H22FNO4S/c1-27-20-9-4-16(5-10-20)6-11-21(24)23(19-12-13-28(25,26)15-19)14-17-2-7-18(22)8-3-17/h2-11,19H,12-15H2,1H3/b11-6+/t19-/m0/s1. The third kappa shape index (κ3) is 5.19. The van der Waals surface area contributed by atoms with Gasteiger partial charge in [0.15, 0.2) is 9.84 Å². The van der Waals surface area contributed by atoms with E-state index in [0.717, 1.165) is 16.9 Å². The number of carbonyl (C=O) groups is 1. The highest BCUT2D eigenvalue weighted by molar-refractivity contribution is 7.91. The topological polar surface area (TPSA) is 63.7 Å². The smallest absolute Gasteiger partial charge is 0.247 e. The predicted molar refractivity (Wildman–Crippen MR) is 106 cm³/mol. The van der Waals surface area contributed by atoms with Crippen LogP contribution in [0.5, 0.6) is 5.75 Å². The fourth-order valence-electron chi connectivity index (χ4n) is 3.17. The number of rotatable bonds is 6. The van der Waals surface area contributed by atoms with Crippen LogP contribution in [0.25, 0.3) is 6.08 Å². The zero-order valence-electron chi connectivity index (χ0n) is 15.5. The fraction of sp³-hybridized carbons (Fsp3) is 0.286. The van der Waals surface area contributed by atoms with E-state index in [4.69, 9.17) is 4.74 Å². The van der Waals surface area contributed by atoms with Crippen LogP contribution in [0.3, 0.4) is 0 Å². The molecule has 7 heteroatoms. The molecule has 28 heavy (non-hydrogen) atoms. The van der Waals surface area contributed by atoms with Crippen molar-refractivity contribution in [3.8, 4) is 5.75 Å². The number of halogens is 1. The van der Waals surface area contributed by atoms with Gasteiger partial charge in [0.05, 0.1) is 18.6 Å². The Balaban J connectivity index is 1.79. The Bertz CT molecular complexity index is 953. The van der Waals surface area contributed by atoms with Crippen LogP contribution in [0.4, 0.5) is 4.39 Å². The average Bonchev–Trinajstić information content (AvgIpc) is 3.05. The van der Waals surface area contributed by atoms with Gasteiger partial charge in [-0.3, -0.25) is 4.79 Å². The Morgan fingerprint density at radius 1 is 1.18 bits per heavy atom. The predicted octanol–water partition coefficient (Wildman–Crippen LogP) is 3.06. The average molecular weight is 403 g/mol. The van der Waals surface area contributed by atoms with Gasteiger partial charge < -0.3 is 9.64 Å². The van der Waals surface area contributed by atoms with E-state index in [2.05, 4.69) is 0 Å². The highest BCUT2D eigenvalue weighted by atomic mass is 32.2. The summed E-state index contributed by atoms with van der Waals surface area (Å²) in [6, 6.07) is 12.7. The molecule has 3 rings (SSSR count). The summed E-state index contributed by atoms with van der Waals surface area (Å²) in [4.78, 5) is 14.4. The van der Waals surface area contributed by atoms with E-state index < -0.39 is 9.84 Å². The van der Waals surface area contributed by atoms with Gasteiger partial charge >= 0.3 is 0 Å². The van der Waals surface area contributed by atoms with Crippen LogP contribution in [0.1, 0.15) is 17.5 Å². The van der Waals surface area contributed by atoms with Crippen LogP contribution in [0.15, 0.2) is 54.6 Å². The minimum atomic E-state index is -3.14. The minimum absolute atomic E-state index is 0.0453. The molecule has 0 N–H and O–H groups in total. The molecular formula is C21H22FNO4S. The highest BCUT2D eigenvalue weighted by Gasteiger charge is 2.34. The van der Waals surface area contributed by atoms with Gasteiger partial charge in [0.1, 0.15) is 11.6 Å². The first-order chi connectivity index (χ1) is 13.4. The van der Waals surface area contributed by atoms with Crippen molar-refractivity contribution in [2.45, 2.75) is 19.0 Å².